The van der Waals surface area contributed by atoms with E-state index in [0.29, 0.717) is 47.7 Å². The van der Waals surface area contributed by atoms with Crippen molar-refractivity contribution < 1.29 is 18.7 Å². The van der Waals surface area contributed by atoms with E-state index in [1.807, 2.05) is 50.2 Å². The zero-order valence-electron chi connectivity index (χ0n) is 18.2. The Balaban J connectivity index is 1.94. The fourth-order valence-electron chi connectivity index (χ4n) is 4.01. The van der Waals surface area contributed by atoms with Crippen molar-refractivity contribution in [2.24, 2.45) is 0 Å². The van der Waals surface area contributed by atoms with Gasteiger partial charge in [-0.3, -0.25) is 9.59 Å². The maximum atomic E-state index is 13.6. The molecule has 7 nitrogen and oxygen atoms in total. The molecule has 31 heavy (non-hydrogen) atoms. The number of amides is 1. The van der Waals surface area contributed by atoms with E-state index in [9.17, 15) is 9.59 Å². The molecule has 3 aromatic rings. The van der Waals surface area contributed by atoms with E-state index in [0.717, 1.165) is 5.56 Å². The number of methoxy groups -OCH3 is 1. The molecule has 7 heteroatoms. The first kappa shape index (κ1) is 20.9. The monoisotopic (exact) mass is 422 g/mol. The fourth-order valence-corrected chi connectivity index (χ4v) is 4.01. The van der Waals surface area contributed by atoms with Crippen LogP contribution in [0.15, 0.2) is 51.7 Å². The van der Waals surface area contributed by atoms with Crippen LogP contribution in [0.1, 0.15) is 34.6 Å². The van der Waals surface area contributed by atoms with Crippen LogP contribution in [0.5, 0.6) is 11.5 Å². The maximum Gasteiger partial charge on any atom is 0.290 e. The lowest BCUT2D eigenvalue weighted by Gasteiger charge is -2.27. The molecule has 0 N–H and O–H groups in total. The van der Waals surface area contributed by atoms with Crippen molar-refractivity contribution in [2.45, 2.75) is 13.0 Å². The van der Waals surface area contributed by atoms with Gasteiger partial charge >= 0.3 is 0 Å². The first-order chi connectivity index (χ1) is 15.0. The standard InChI is InChI=1S/C24H26N2O5/c1-5-30-15-10-11-17-19(14-15)31-23-20(22(17)27)21(16-8-6-7-9-18(16)29-4)26(24(23)28)13-12-25(2)3/h6-11,14,21H,5,12-13H2,1-4H3. The number of carbonyl (C=O) groups excluding carboxylic acids is 1. The first-order valence-corrected chi connectivity index (χ1v) is 10.3. The van der Waals surface area contributed by atoms with E-state index in [1.54, 1.807) is 30.2 Å². The van der Waals surface area contributed by atoms with Crippen molar-refractivity contribution >= 4 is 16.9 Å². The lowest BCUT2D eigenvalue weighted by Crippen LogP contribution is -2.35. The van der Waals surface area contributed by atoms with Crippen LogP contribution in [0, 0.1) is 0 Å². The van der Waals surface area contributed by atoms with E-state index in [-0.39, 0.29) is 17.1 Å². The molecular formula is C24H26N2O5. The van der Waals surface area contributed by atoms with E-state index >= 15 is 0 Å². The molecule has 1 amide bonds. The van der Waals surface area contributed by atoms with Crippen LogP contribution in [0.25, 0.3) is 11.0 Å². The quantitative estimate of drug-likeness (QED) is 0.582. The molecule has 162 valence electrons. The molecule has 0 aliphatic carbocycles. The number of para-hydroxylation sites is 1. The van der Waals surface area contributed by atoms with E-state index in [4.69, 9.17) is 13.9 Å². The highest BCUT2D eigenvalue weighted by Gasteiger charge is 2.43. The van der Waals surface area contributed by atoms with Gasteiger partial charge in [0.15, 0.2) is 5.43 Å². The number of ether oxygens (including phenoxy) is 2. The van der Waals surface area contributed by atoms with Gasteiger partial charge in [-0.15, -0.1) is 0 Å². The molecule has 1 aromatic heterocycles. The Bertz CT molecular complexity index is 1180. The largest absolute Gasteiger partial charge is 0.496 e. The third kappa shape index (κ3) is 3.65. The van der Waals surface area contributed by atoms with Crippen molar-refractivity contribution in [2.75, 3.05) is 40.9 Å². The topological polar surface area (TPSA) is 72.2 Å². The number of hydrogen-bond acceptors (Lipinski definition) is 6. The van der Waals surface area contributed by atoms with Gasteiger partial charge in [0.1, 0.15) is 17.1 Å². The molecule has 0 saturated carbocycles. The Kier molecular flexibility index (Phi) is 5.69. The molecule has 4 rings (SSSR count). The second kappa shape index (κ2) is 8.43. The number of hydrogen-bond donors (Lipinski definition) is 0. The van der Waals surface area contributed by atoms with Crippen LogP contribution in [0.3, 0.4) is 0 Å². The van der Waals surface area contributed by atoms with Crippen LogP contribution in [-0.4, -0.2) is 56.6 Å². The Morgan fingerprint density at radius 2 is 1.90 bits per heavy atom. The van der Waals surface area contributed by atoms with Crippen molar-refractivity contribution in [3.05, 3.63) is 69.6 Å². The molecule has 0 saturated heterocycles. The first-order valence-electron chi connectivity index (χ1n) is 10.3. The Morgan fingerprint density at radius 1 is 1.13 bits per heavy atom. The third-order valence-electron chi connectivity index (χ3n) is 5.47. The fraction of sp³-hybridized carbons (Fsp3) is 0.333. The summed E-state index contributed by atoms with van der Waals surface area (Å²) in [6.07, 6.45) is 0. The summed E-state index contributed by atoms with van der Waals surface area (Å²) >= 11 is 0. The number of rotatable bonds is 7. The molecule has 2 heterocycles. The van der Waals surface area contributed by atoms with E-state index in [1.165, 1.54) is 0 Å². The van der Waals surface area contributed by atoms with Gasteiger partial charge in [0, 0.05) is 24.7 Å². The van der Waals surface area contributed by atoms with Gasteiger partial charge < -0.3 is 23.7 Å². The molecule has 0 fully saturated rings. The van der Waals surface area contributed by atoms with Crippen LogP contribution in [-0.2, 0) is 0 Å². The number of fused-ring (bicyclic) bond motifs is 2. The normalized spacial score (nSPS) is 15.6. The van der Waals surface area contributed by atoms with E-state index in [2.05, 4.69) is 0 Å². The summed E-state index contributed by atoms with van der Waals surface area (Å²) in [6.45, 7) is 3.47. The molecular weight excluding hydrogens is 396 g/mol. The van der Waals surface area contributed by atoms with Gasteiger partial charge in [-0.05, 0) is 39.2 Å². The molecule has 0 radical (unpaired) electrons. The minimum absolute atomic E-state index is 0.0841. The number of benzene rings is 2. The summed E-state index contributed by atoms with van der Waals surface area (Å²) in [5.74, 6) is 0.998. The number of carbonyl (C=O) groups is 1. The zero-order chi connectivity index (χ0) is 22.1. The molecule has 2 aromatic carbocycles. The van der Waals surface area contributed by atoms with Gasteiger partial charge in [-0.25, -0.2) is 0 Å². The lowest BCUT2D eigenvalue weighted by molar-refractivity contribution is 0.0715. The highest BCUT2D eigenvalue weighted by atomic mass is 16.5. The van der Waals surface area contributed by atoms with Gasteiger partial charge in [0.2, 0.25) is 5.76 Å². The summed E-state index contributed by atoms with van der Waals surface area (Å²) in [7, 11) is 5.47. The van der Waals surface area contributed by atoms with E-state index < -0.39 is 6.04 Å². The summed E-state index contributed by atoms with van der Waals surface area (Å²) in [4.78, 5) is 30.7. The summed E-state index contributed by atoms with van der Waals surface area (Å²) in [5, 5.41) is 0.421. The van der Waals surface area contributed by atoms with Gasteiger partial charge in [0.25, 0.3) is 5.91 Å². The second-order valence-electron chi connectivity index (χ2n) is 7.71. The molecule has 1 atom stereocenters. The van der Waals surface area contributed by atoms with Crippen molar-refractivity contribution in [3.8, 4) is 11.5 Å². The molecule has 0 bridgehead atoms. The SMILES string of the molecule is CCOc1ccc2c(=O)c3c(oc2c1)C(=O)N(CCN(C)C)C3c1ccccc1OC. The molecule has 1 aliphatic rings. The van der Waals surface area contributed by atoms with Crippen molar-refractivity contribution in [1.29, 1.82) is 0 Å². The average molecular weight is 422 g/mol. The van der Waals surface area contributed by atoms with Crippen LogP contribution < -0.4 is 14.9 Å². The third-order valence-corrected chi connectivity index (χ3v) is 5.47. The number of nitrogens with zero attached hydrogens (tertiary/aromatic N) is 2. The Morgan fingerprint density at radius 3 is 2.61 bits per heavy atom. The summed E-state index contributed by atoms with van der Waals surface area (Å²) < 4.78 is 17.1. The van der Waals surface area contributed by atoms with Gasteiger partial charge in [0.05, 0.1) is 30.7 Å². The minimum Gasteiger partial charge on any atom is -0.496 e. The van der Waals surface area contributed by atoms with Crippen LogP contribution in [0.4, 0.5) is 0 Å². The van der Waals surface area contributed by atoms with Gasteiger partial charge in [-0.1, -0.05) is 18.2 Å². The second-order valence-corrected chi connectivity index (χ2v) is 7.71. The van der Waals surface area contributed by atoms with Crippen molar-refractivity contribution in [3.63, 3.8) is 0 Å². The van der Waals surface area contributed by atoms with Crippen LogP contribution in [0.2, 0.25) is 0 Å². The molecule has 1 unspecified atom stereocenters. The van der Waals surface area contributed by atoms with Crippen molar-refractivity contribution in [1.82, 2.24) is 9.80 Å². The predicted octanol–water partition coefficient (Wildman–Crippen LogP) is 3.31. The Labute approximate surface area is 180 Å². The average Bonchev–Trinajstić information content (AvgIpc) is 3.04. The predicted molar refractivity (Wildman–Crippen MR) is 118 cm³/mol. The highest BCUT2D eigenvalue weighted by molar-refractivity contribution is 5.99. The van der Waals surface area contributed by atoms with Gasteiger partial charge in [-0.2, -0.15) is 0 Å². The zero-order valence-corrected chi connectivity index (χ0v) is 18.2. The maximum absolute atomic E-state index is 13.6. The minimum atomic E-state index is -0.578. The Hall–Kier alpha value is -3.32. The molecule has 0 spiro atoms. The lowest BCUT2D eigenvalue weighted by atomic mass is 9.97. The highest BCUT2D eigenvalue weighted by Crippen LogP contribution is 2.41. The molecule has 1 aliphatic heterocycles. The smallest absolute Gasteiger partial charge is 0.290 e. The summed E-state index contributed by atoms with van der Waals surface area (Å²) in [5.41, 5.74) is 1.24. The van der Waals surface area contributed by atoms with Crippen LogP contribution >= 0.6 is 0 Å². The summed E-state index contributed by atoms with van der Waals surface area (Å²) in [6, 6.07) is 12.0. The number of likely N-dealkylation sites (N-methyl/N-ethyl adjacent to an activating group) is 1.